The van der Waals surface area contributed by atoms with E-state index in [1.54, 1.807) is 11.0 Å². The van der Waals surface area contributed by atoms with Gasteiger partial charge in [-0.3, -0.25) is 9.59 Å². The van der Waals surface area contributed by atoms with Crippen molar-refractivity contribution < 1.29 is 19.1 Å². The van der Waals surface area contributed by atoms with Crippen LogP contribution in [0.1, 0.15) is 35.7 Å². The molecule has 154 valence electrons. The van der Waals surface area contributed by atoms with E-state index in [1.165, 1.54) is 0 Å². The van der Waals surface area contributed by atoms with Gasteiger partial charge in [0.25, 0.3) is 11.8 Å². The Bertz CT molecular complexity index is 844. The van der Waals surface area contributed by atoms with Crippen LogP contribution >= 0.6 is 0 Å². The average molecular weight is 396 g/mol. The molecular weight excluding hydrogens is 368 g/mol. The third kappa shape index (κ3) is 5.73. The zero-order chi connectivity index (χ0) is 20.6. The highest BCUT2D eigenvalue weighted by molar-refractivity contribution is 5.94. The van der Waals surface area contributed by atoms with Crippen LogP contribution in [0.4, 0.5) is 0 Å². The van der Waals surface area contributed by atoms with E-state index in [2.05, 4.69) is 5.32 Å². The fourth-order valence-corrected chi connectivity index (χ4v) is 3.40. The highest BCUT2D eigenvalue weighted by Gasteiger charge is 2.24. The molecule has 1 saturated heterocycles. The molecule has 0 aromatic heterocycles. The summed E-state index contributed by atoms with van der Waals surface area (Å²) in [5, 5.41) is 3.08. The van der Waals surface area contributed by atoms with E-state index in [-0.39, 0.29) is 24.5 Å². The molecule has 2 aromatic carbocycles. The number of likely N-dealkylation sites (tertiary alicyclic amines) is 1. The number of carbonyl (C=O) groups is 2. The van der Waals surface area contributed by atoms with Gasteiger partial charge < -0.3 is 19.7 Å². The van der Waals surface area contributed by atoms with Gasteiger partial charge in [-0.05, 0) is 51.0 Å². The van der Waals surface area contributed by atoms with Gasteiger partial charge in [-0.25, -0.2) is 0 Å². The van der Waals surface area contributed by atoms with E-state index in [0.717, 1.165) is 18.4 Å². The number of carbonyl (C=O) groups excluding carboxylic acids is 2. The molecule has 0 spiro atoms. The summed E-state index contributed by atoms with van der Waals surface area (Å²) in [7, 11) is 0. The van der Waals surface area contributed by atoms with E-state index < -0.39 is 0 Å². The molecule has 1 aliphatic heterocycles. The van der Waals surface area contributed by atoms with Gasteiger partial charge in [-0.15, -0.1) is 0 Å². The molecule has 0 atom stereocenters. The Morgan fingerprint density at radius 2 is 1.72 bits per heavy atom. The maximum Gasteiger partial charge on any atom is 0.260 e. The molecule has 0 radical (unpaired) electrons. The summed E-state index contributed by atoms with van der Waals surface area (Å²) < 4.78 is 11.2. The van der Waals surface area contributed by atoms with Crippen molar-refractivity contribution in [3.05, 3.63) is 59.7 Å². The van der Waals surface area contributed by atoms with Crippen LogP contribution in [0.2, 0.25) is 0 Å². The first-order valence-electron chi connectivity index (χ1n) is 10.1. The quantitative estimate of drug-likeness (QED) is 0.780. The minimum Gasteiger partial charge on any atom is -0.490 e. The number of amides is 2. The summed E-state index contributed by atoms with van der Waals surface area (Å²) in [6, 6.07) is 15.0. The first kappa shape index (κ1) is 20.7. The molecule has 1 fully saturated rings. The molecule has 0 aliphatic carbocycles. The number of para-hydroxylation sites is 2. The van der Waals surface area contributed by atoms with Crippen molar-refractivity contribution in [1.82, 2.24) is 10.2 Å². The average Bonchev–Trinajstić information content (AvgIpc) is 2.73. The van der Waals surface area contributed by atoms with Crippen molar-refractivity contribution in [3.63, 3.8) is 0 Å². The third-order valence-electron chi connectivity index (χ3n) is 4.96. The normalized spacial score (nSPS) is 14.3. The van der Waals surface area contributed by atoms with Gasteiger partial charge in [-0.2, -0.15) is 0 Å². The van der Waals surface area contributed by atoms with Crippen LogP contribution in [0.25, 0.3) is 0 Å². The van der Waals surface area contributed by atoms with Gasteiger partial charge in [0.1, 0.15) is 0 Å². The van der Waals surface area contributed by atoms with Crippen molar-refractivity contribution in [2.75, 3.05) is 26.3 Å². The lowest BCUT2D eigenvalue weighted by Gasteiger charge is -2.32. The molecule has 0 bridgehead atoms. The first-order chi connectivity index (χ1) is 14.1. The molecule has 0 saturated carbocycles. The number of benzene rings is 2. The van der Waals surface area contributed by atoms with Crippen LogP contribution in [0.15, 0.2) is 48.5 Å². The fraction of sp³-hybridized carbons (Fsp3) is 0.391. The second-order valence-electron chi connectivity index (χ2n) is 7.17. The largest absolute Gasteiger partial charge is 0.490 e. The number of rotatable bonds is 7. The Hall–Kier alpha value is -3.02. The SMILES string of the molecule is CCOc1ccccc1OCC(=O)N1CCC(NC(=O)c2cccc(C)c2)CC1. The number of aryl methyl sites for hydroxylation is 1. The van der Waals surface area contributed by atoms with Gasteiger partial charge in [0.05, 0.1) is 6.61 Å². The summed E-state index contributed by atoms with van der Waals surface area (Å²) in [4.78, 5) is 26.7. The Balaban J connectivity index is 1.45. The number of hydrogen-bond acceptors (Lipinski definition) is 4. The van der Waals surface area contributed by atoms with Crippen LogP contribution in [-0.2, 0) is 4.79 Å². The molecule has 0 unspecified atom stereocenters. The predicted molar refractivity (Wildman–Crippen MR) is 111 cm³/mol. The van der Waals surface area contributed by atoms with Crippen molar-refractivity contribution in [2.45, 2.75) is 32.7 Å². The van der Waals surface area contributed by atoms with Crippen LogP contribution in [0.3, 0.4) is 0 Å². The first-order valence-corrected chi connectivity index (χ1v) is 10.1. The summed E-state index contributed by atoms with van der Waals surface area (Å²) in [5.41, 5.74) is 1.73. The maximum absolute atomic E-state index is 12.5. The zero-order valence-electron chi connectivity index (χ0n) is 17.0. The van der Waals surface area contributed by atoms with Gasteiger partial charge in [0, 0.05) is 24.7 Å². The van der Waals surface area contributed by atoms with Gasteiger partial charge in [-0.1, -0.05) is 29.8 Å². The Morgan fingerprint density at radius 1 is 1.03 bits per heavy atom. The molecule has 3 rings (SSSR count). The minimum atomic E-state index is -0.0608. The lowest BCUT2D eigenvalue weighted by Crippen LogP contribution is -2.47. The molecule has 6 nitrogen and oxygen atoms in total. The number of piperidine rings is 1. The molecular formula is C23H28N2O4. The molecule has 29 heavy (non-hydrogen) atoms. The zero-order valence-corrected chi connectivity index (χ0v) is 17.0. The van der Waals surface area contributed by atoms with E-state index in [0.29, 0.717) is 36.8 Å². The molecule has 1 heterocycles. The fourth-order valence-electron chi connectivity index (χ4n) is 3.40. The van der Waals surface area contributed by atoms with Gasteiger partial charge in [0.15, 0.2) is 18.1 Å². The summed E-state index contributed by atoms with van der Waals surface area (Å²) in [6.07, 6.45) is 1.47. The summed E-state index contributed by atoms with van der Waals surface area (Å²) in [6.45, 7) is 5.60. The number of hydrogen-bond donors (Lipinski definition) is 1. The van der Waals surface area contributed by atoms with E-state index >= 15 is 0 Å². The van der Waals surface area contributed by atoms with Crippen LogP contribution in [0, 0.1) is 6.92 Å². The maximum atomic E-state index is 12.5. The molecule has 1 N–H and O–H groups in total. The lowest BCUT2D eigenvalue weighted by atomic mass is 10.0. The highest BCUT2D eigenvalue weighted by Crippen LogP contribution is 2.26. The Labute approximate surface area is 171 Å². The Kier molecular flexibility index (Phi) is 7.11. The highest BCUT2D eigenvalue weighted by atomic mass is 16.5. The lowest BCUT2D eigenvalue weighted by molar-refractivity contribution is -0.134. The van der Waals surface area contributed by atoms with Crippen molar-refractivity contribution in [3.8, 4) is 11.5 Å². The van der Waals surface area contributed by atoms with Crippen molar-refractivity contribution in [1.29, 1.82) is 0 Å². The standard InChI is InChI=1S/C23H28N2O4/c1-3-28-20-9-4-5-10-21(20)29-16-22(26)25-13-11-19(12-14-25)24-23(27)18-8-6-7-17(2)15-18/h4-10,15,19H,3,11-14,16H2,1-2H3,(H,24,27). The van der Waals surface area contributed by atoms with Crippen molar-refractivity contribution in [2.24, 2.45) is 0 Å². The van der Waals surface area contributed by atoms with Crippen LogP contribution in [-0.4, -0.2) is 49.1 Å². The minimum absolute atomic E-state index is 0.0234. The Morgan fingerprint density at radius 3 is 2.38 bits per heavy atom. The van der Waals surface area contributed by atoms with Gasteiger partial charge in [0.2, 0.25) is 0 Å². The van der Waals surface area contributed by atoms with Gasteiger partial charge >= 0.3 is 0 Å². The van der Waals surface area contributed by atoms with Crippen LogP contribution in [0.5, 0.6) is 11.5 Å². The molecule has 2 amide bonds. The summed E-state index contributed by atoms with van der Waals surface area (Å²) in [5.74, 6) is 1.09. The van der Waals surface area contributed by atoms with Crippen LogP contribution < -0.4 is 14.8 Å². The third-order valence-corrected chi connectivity index (χ3v) is 4.96. The smallest absolute Gasteiger partial charge is 0.260 e. The molecule has 1 aliphatic rings. The molecule has 2 aromatic rings. The van der Waals surface area contributed by atoms with E-state index in [9.17, 15) is 9.59 Å². The topological polar surface area (TPSA) is 67.9 Å². The monoisotopic (exact) mass is 396 g/mol. The van der Waals surface area contributed by atoms with E-state index in [1.807, 2.05) is 56.3 Å². The van der Waals surface area contributed by atoms with Crippen molar-refractivity contribution >= 4 is 11.8 Å². The number of ether oxygens (including phenoxy) is 2. The molecule has 6 heteroatoms. The number of nitrogens with one attached hydrogen (secondary N) is 1. The van der Waals surface area contributed by atoms with E-state index in [4.69, 9.17) is 9.47 Å². The second-order valence-corrected chi connectivity index (χ2v) is 7.17. The predicted octanol–water partition coefficient (Wildman–Crippen LogP) is 3.19. The number of nitrogens with zero attached hydrogens (tertiary/aromatic N) is 1. The second kappa shape index (κ2) is 9.96. The summed E-state index contributed by atoms with van der Waals surface area (Å²) >= 11 is 0.